The van der Waals surface area contributed by atoms with E-state index in [4.69, 9.17) is 14.0 Å². The van der Waals surface area contributed by atoms with Gasteiger partial charge < -0.3 is 14.0 Å². The summed E-state index contributed by atoms with van der Waals surface area (Å²) in [5, 5.41) is 10.6. The Morgan fingerprint density at radius 2 is 2.17 bits per heavy atom. The average molecular weight is 275 g/mol. The van der Waals surface area contributed by atoms with Crippen LogP contribution in [0.3, 0.4) is 0 Å². The van der Waals surface area contributed by atoms with Crippen molar-refractivity contribution in [2.24, 2.45) is 0 Å². The molecule has 0 spiro atoms. The molecule has 1 aromatic rings. The van der Waals surface area contributed by atoms with Crippen molar-refractivity contribution in [2.75, 3.05) is 19.5 Å². The molecule has 1 atom stereocenters. The number of rotatable bonds is 7. The van der Waals surface area contributed by atoms with Crippen LogP contribution in [0.15, 0.2) is 18.2 Å². The minimum Gasteiger partial charge on any atom is -0.493 e. The summed E-state index contributed by atoms with van der Waals surface area (Å²) in [7, 11) is 1.38. The molecule has 8 heteroatoms. The van der Waals surface area contributed by atoms with Gasteiger partial charge in [-0.05, 0) is 12.5 Å². The van der Waals surface area contributed by atoms with Gasteiger partial charge in [-0.15, -0.1) is 0 Å². The predicted octanol–water partition coefficient (Wildman–Crippen LogP) is 1.59. The normalized spacial score (nSPS) is 11.9. The molecule has 0 aliphatic rings. The van der Waals surface area contributed by atoms with Gasteiger partial charge in [-0.3, -0.25) is 10.1 Å². The smallest absolute Gasteiger partial charge is 0.273 e. The molecular formula is C10H13NO6S. The molecule has 1 rings (SSSR count). The van der Waals surface area contributed by atoms with Gasteiger partial charge in [0.05, 0.1) is 30.5 Å². The van der Waals surface area contributed by atoms with E-state index in [1.807, 2.05) is 0 Å². The minimum absolute atomic E-state index is 0.0874. The van der Waals surface area contributed by atoms with E-state index in [1.54, 1.807) is 0 Å². The van der Waals surface area contributed by atoms with Crippen LogP contribution in [-0.4, -0.2) is 33.2 Å². The Hall–Kier alpha value is -1.67. The fourth-order valence-electron chi connectivity index (χ4n) is 1.25. The summed E-state index contributed by atoms with van der Waals surface area (Å²) < 4.78 is 29.3. The first kappa shape index (κ1) is 14.4. The molecule has 1 N–H and O–H groups in total. The second-order valence-electron chi connectivity index (χ2n) is 3.32. The van der Waals surface area contributed by atoms with Gasteiger partial charge in [0.25, 0.3) is 5.69 Å². The number of non-ortho nitro benzene ring substituents is 1. The van der Waals surface area contributed by atoms with Gasteiger partial charge >= 0.3 is 0 Å². The lowest BCUT2D eigenvalue weighted by molar-refractivity contribution is -0.384. The van der Waals surface area contributed by atoms with Crippen molar-refractivity contribution in [3.05, 3.63) is 28.3 Å². The minimum atomic E-state index is -1.84. The van der Waals surface area contributed by atoms with Crippen LogP contribution in [-0.2, 0) is 11.1 Å². The molecule has 100 valence electrons. The van der Waals surface area contributed by atoms with Crippen LogP contribution in [0.5, 0.6) is 11.5 Å². The summed E-state index contributed by atoms with van der Waals surface area (Å²) >= 11 is -1.84. The van der Waals surface area contributed by atoms with Crippen LogP contribution in [0.4, 0.5) is 5.69 Å². The van der Waals surface area contributed by atoms with Crippen molar-refractivity contribution < 1.29 is 23.2 Å². The molecule has 18 heavy (non-hydrogen) atoms. The maximum atomic E-state index is 10.6. The van der Waals surface area contributed by atoms with E-state index in [0.29, 0.717) is 12.2 Å². The van der Waals surface area contributed by atoms with E-state index < -0.39 is 16.0 Å². The lowest BCUT2D eigenvalue weighted by Crippen LogP contribution is -2.04. The van der Waals surface area contributed by atoms with Crippen LogP contribution in [0.1, 0.15) is 6.42 Å². The predicted molar refractivity (Wildman–Crippen MR) is 65.4 cm³/mol. The molecule has 0 aliphatic heterocycles. The fourth-order valence-corrected chi connectivity index (χ4v) is 1.62. The quantitative estimate of drug-likeness (QED) is 0.351. The molecule has 0 heterocycles. The SMILES string of the molecule is COc1cc([N+](=O)[O-])ccc1OCCCS(=O)O. The third kappa shape index (κ3) is 4.30. The maximum Gasteiger partial charge on any atom is 0.273 e. The van der Waals surface area contributed by atoms with Crippen molar-refractivity contribution >= 4 is 16.8 Å². The lowest BCUT2D eigenvalue weighted by atomic mass is 10.3. The highest BCUT2D eigenvalue weighted by molar-refractivity contribution is 7.79. The summed E-state index contributed by atoms with van der Waals surface area (Å²) in [6, 6.07) is 4.01. The Morgan fingerprint density at radius 3 is 2.72 bits per heavy atom. The van der Waals surface area contributed by atoms with Crippen molar-refractivity contribution in [3.8, 4) is 11.5 Å². The zero-order chi connectivity index (χ0) is 13.5. The Labute approximate surface area is 106 Å². The molecule has 0 aliphatic carbocycles. The van der Waals surface area contributed by atoms with Crippen molar-refractivity contribution in [1.82, 2.24) is 0 Å². The summed E-state index contributed by atoms with van der Waals surface area (Å²) in [5.41, 5.74) is -0.0874. The standard InChI is InChI=1S/C10H13NO6S/c1-16-10-7-8(11(12)13)3-4-9(10)17-5-2-6-18(14)15/h3-4,7H,2,5-6H2,1H3,(H,14,15). The van der Waals surface area contributed by atoms with Crippen LogP contribution in [0.2, 0.25) is 0 Å². The molecule has 0 radical (unpaired) electrons. The number of hydrogen-bond acceptors (Lipinski definition) is 5. The second-order valence-corrected chi connectivity index (χ2v) is 4.37. The van der Waals surface area contributed by atoms with Gasteiger partial charge in [0.15, 0.2) is 22.6 Å². The Bertz CT molecular complexity index is 450. The van der Waals surface area contributed by atoms with Crippen molar-refractivity contribution in [3.63, 3.8) is 0 Å². The zero-order valence-electron chi connectivity index (χ0n) is 9.70. The van der Waals surface area contributed by atoms with E-state index in [0.717, 1.165) is 0 Å². The first-order valence-electron chi connectivity index (χ1n) is 5.07. The van der Waals surface area contributed by atoms with E-state index in [9.17, 15) is 14.3 Å². The molecule has 0 saturated carbocycles. The van der Waals surface area contributed by atoms with Gasteiger partial charge in [0.1, 0.15) is 0 Å². The number of nitro groups is 1. The molecule has 1 unspecified atom stereocenters. The summed E-state index contributed by atoms with van der Waals surface area (Å²) in [6.45, 7) is 0.237. The molecule has 1 aromatic carbocycles. The van der Waals surface area contributed by atoms with Gasteiger partial charge in [0.2, 0.25) is 0 Å². The average Bonchev–Trinajstić information content (AvgIpc) is 2.34. The van der Waals surface area contributed by atoms with E-state index in [2.05, 4.69) is 0 Å². The van der Waals surface area contributed by atoms with E-state index in [1.165, 1.54) is 25.3 Å². The first-order chi connectivity index (χ1) is 8.54. The highest BCUT2D eigenvalue weighted by Crippen LogP contribution is 2.31. The third-order valence-electron chi connectivity index (χ3n) is 2.08. The molecule has 0 fully saturated rings. The van der Waals surface area contributed by atoms with Crippen molar-refractivity contribution in [2.45, 2.75) is 6.42 Å². The maximum absolute atomic E-state index is 10.6. The second kappa shape index (κ2) is 6.92. The molecular weight excluding hydrogens is 262 g/mol. The number of hydrogen-bond donors (Lipinski definition) is 1. The summed E-state index contributed by atoms with van der Waals surface area (Å²) in [4.78, 5) is 10.0. The molecule has 0 aromatic heterocycles. The third-order valence-corrected chi connectivity index (χ3v) is 2.72. The van der Waals surface area contributed by atoms with Gasteiger partial charge in [-0.1, -0.05) is 0 Å². The number of ether oxygens (including phenoxy) is 2. The first-order valence-corrected chi connectivity index (χ1v) is 6.35. The van der Waals surface area contributed by atoms with Crippen LogP contribution in [0, 0.1) is 10.1 Å². The monoisotopic (exact) mass is 275 g/mol. The Balaban J connectivity index is 2.65. The molecule has 0 amide bonds. The molecule has 7 nitrogen and oxygen atoms in total. The van der Waals surface area contributed by atoms with E-state index >= 15 is 0 Å². The number of methoxy groups -OCH3 is 1. The van der Waals surface area contributed by atoms with Crippen LogP contribution >= 0.6 is 0 Å². The summed E-state index contributed by atoms with van der Waals surface area (Å²) in [6.07, 6.45) is 0.406. The molecule has 0 saturated heterocycles. The highest BCUT2D eigenvalue weighted by Gasteiger charge is 2.12. The Morgan fingerprint density at radius 1 is 1.44 bits per heavy atom. The fraction of sp³-hybridized carbons (Fsp3) is 0.400. The van der Waals surface area contributed by atoms with E-state index in [-0.39, 0.29) is 23.8 Å². The topological polar surface area (TPSA) is 98.9 Å². The number of nitrogens with zero attached hydrogens (tertiary/aromatic N) is 1. The van der Waals surface area contributed by atoms with Crippen LogP contribution < -0.4 is 9.47 Å². The van der Waals surface area contributed by atoms with Gasteiger partial charge in [-0.25, -0.2) is 4.21 Å². The summed E-state index contributed by atoms with van der Waals surface area (Å²) in [5.74, 6) is 0.746. The Kier molecular flexibility index (Phi) is 5.53. The zero-order valence-corrected chi connectivity index (χ0v) is 10.5. The number of benzene rings is 1. The van der Waals surface area contributed by atoms with Gasteiger partial charge in [-0.2, -0.15) is 0 Å². The van der Waals surface area contributed by atoms with Crippen molar-refractivity contribution in [1.29, 1.82) is 0 Å². The highest BCUT2D eigenvalue weighted by atomic mass is 32.2. The number of nitro benzene ring substituents is 1. The van der Waals surface area contributed by atoms with Gasteiger partial charge in [0, 0.05) is 6.07 Å². The largest absolute Gasteiger partial charge is 0.493 e. The van der Waals surface area contributed by atoms with Crippen LogP contribution in [0.25, 0.3) is 0 Å². The lowest BCUT2D eigenvalue weighted by Gasteiger charge is -2.09. The molecule has 0 bridgehead atoms.